The molecular weight excluding hydrogens is 420 g/mol. The average Bonchev–Trinajstić information content (AvgIpc) is 3.07. The quantitative estimate of drug-likeness (QED) is 0.322. The lowest BCUT2D eigenvalue weighted by molar-refractivity contribution is -0.140. The summed E-state index contributed by atoms with van der Waals surface area (Å²) in [7, 11) is 0. The summed E-state index contributed by atoms with van der Waals surface area (Å²) in [5.74, 6) is -0.929. The number of nitrogens with zero attached hydrogens (tertiary/aromatic N) is 2. The number of carbonyl (C=O) groups excluding carboxylic acids is 2. The summed E-state index contributed by atoms with van der Waals surface area (Å²) in [6.45, 7) is 9.53. The summed E-state index contributed by atoms with van der Waals surface area (Å²) >= 11 is 0. The van der Waals surface area contributed by atoms with Crippen LogP contribution in [0.1, 0.15) is 44.4 Å². The molecule has 33 heavy (non-hydrogen) atoms. The van der Waals surface area contributed by atoms with Crippen LogP contribution in [0.25, 0.3) is 5.76 Å². The topological polar surface area (TPSA) is 90.3 Å². The van der Waals surface area contributed by atoms with Crippen LogP contribution in [-0.2, 0) is 9.59 Å². The van der Waals surface area contributed by atoms with Crippen molar-refractivity contribution < 1.29 is 24.5 Å². The third-order valence-electron chi connectivity index (χ3n) is 5.93. The predicted molar refractivity (Wildman–Crippen MR) is 127 cm³/mol. The molecule has 176 valence electrons. The van der Waals surface area contributed by atoms with E-state index in [1.807, 2.05) is 6.92 Å². The first-order valence-corrected chi connectivity index (χ1v) is 11.4. The Hall–Kier alpha value is -3.32. The number of aliphatic hydroxyl groups is 1. The van der Waals surface area contributed by atoms with Crippen molar-refractivity contribution in [2.45, 2.75) is 33.2 Å². The number of rotatable bonds is 10. The number of aromatic hydroxyl groups is 1. The molecule has 2 aromatic carbocycles. The molecule has 1 fully saturated rings. The van der Waals surface area contributed by atoms with Gasteiger partial charge in [0, 0.05) is 12.1 Å². The molecule has 0 radical (unpaired) electrons. The van der Waals surface area contributed by atoms with Crippen molar-refractivity contribution in [3.8, 4) is 11.5 Å². The van der Waals surface area contributed by atoms with E-state index in [0.29, 0.717) is 36.4 Å². The molecule has 7 nitrogen and oxygen atoms in total. The van der Waals surface area contributed by atoms with Crippen LogP contribution in [0, 0.1) is 0 Å². The number of carbonyl (C=O) groups is 2. The zero-order valence-corrected chi connectivity index (χ0v) is 19.5. The van der Waals surface area contributed by atoms with Gasteiger partial charge in [-0.2, -0.15) is 0 Å². The molecule has 7 heteroatoms. The van der Waals surface area contributed by atoms with E-state index >= 15 is 0 Å². The van der Waals surface area contributed by atoms with Gasteiger partial charge in [-0.15, -0.1) is 0 Å². The maximum Gasteiger partial charge on any atom is 0.295 e. The number of benzene rings is 2. The Bertz CT molecular complexity index is 1010. The van der Waals surface area contributed by atoms with Crippen molar-refractivity contribution in [3.05, 3.63) is 65.2 Å². The summed E-state index contributed by atoms with van der Waals surface area (Å²) in [5.41, 5.74) is 1.02. The zero-order valence-electron chi connectivity index (χ0n) is 19.5. The normalized spacial score (nSPS) is 17.7. The Morgan fingerprint density at radius 3 is 2.36 bits per heavy atom. The molecule has 1 aliphatic rings. The highest BCUT2D eigenvalue weighted by Crippen LogP contribution is 2.40. The molecule has 1 amide bonds. The largest absolute Gasteiger partial charge is 0.508 e. The fraction of sp³-hybridized carbons (Fsp3) is 0.385. The van der Waals surface area contributed by atoms with E-state index in [9.17, 15) is 19.8 Å². The summed E-state index contributed by atoms with van der Waals surface area (Å²) in [4.78, 5) is 29.8. The van der Waals surface area contributed by atoms with E-state index in [1.54, 1.807) is 36.4 Å². The van der Waals surface area contributed by atoms with E-state index in [4.69, 9.17) is 4.74 Å². The van der Waals surface area contributed by atoms with Crippen LogP contribution in [0.5, 0.6) is 11.5 Å². The second-order valence-electron chi connectivity index (χ2n) is 7.93. The highest BCUT2D eigenvalue weighted by molar-refractivity contribution is 6.46. The van der Waals surface area contributed by atoms with Gasteiger partial charge < -0.3 is 24.7 Å². The Morgan fingerprint density at radius 1 is 1.06 bits per heavy atom. The molecular formula is C26H32N2O5. The van der Waals surface area contributed by atoms with Crippen LogP contribution in [0.2, 0.25) is 0 Å². The number of hydrogen-bond acceptors (Lipinski definition) is 6. The fourth-order valence-corrected chi connectivity index (χ4v) is 4.19. The summed E-state index contributed by atoms with van der Waals surface area (Å²) in [6, 6.07) is 12.4. The van der Waals surface area contributed by atoms with E-state index in [1.165, 1.54) is 17.0 Å². The Kier molecular flexibility index (Phi) is 8.11. The number of phenolic OH excluding ortho intramolecular Hbond substituents is 1. The molecule has 0 bridgehead atoms. The standard InChI is InChI=1S/C26H32N2O5/c1-4-27(5-2)15-8-16-28-23(19-9-7-10-20(29)17-19)22(25(31)26(28)32)24(30)18-11-13-21(14-12-18)33-6-3/h7,9-14,17,23,29-30H,4-6,8,15-16H2,1-3H3/t23-/m0/s1. The highest BCUT2D eigenvalue weighted by Gasteiger charge is 2.45. The van der Waals surface area contributed by atoms with Gasteiger partial charge in [-0.3, -0.25) is 9.59 Å². The second kappa shape index (κ2) is 11.0. The molecule has 0 aromatic heterocycles. The molecule has 2 aromatic rings. The van der Waals surface area contributed by atoms with Crippen LogP contribution >= 0.6 is 0 Å². The summed E-state index contributed by atoms with van der Waals surface area (Å²) in [6.07, 6.45) is 0.688. The molecule has 0 spiro atoms. The second-order valence-corrected chi connectivity index (χ2v) is 7.93. The van der Waals surface area contributed by atoms with Crippen LogP contribution in [0.15, 0.2) is 54.1 Å². The lowest BCUT2D eigenvalue weighted by atomic mass is 9.95. The Labute approximate surface area is 194 Å². The Balaban J connectivity index is 2.00. The van der Waals surface area contributed by atoms with Crippen molar-refractivity contribution in [2.24, 2.45) is 0 Å². The van der Waals surface area contributed by atoms with Gasteiger partial charge in [-0.05, 0) is 74.9 Å². The third-order valence-corrected chi connectivity index (χ3v) is 5.93. The molecule has 3 rings (SSSR count). The van der Waals surface area contributed by atoms with Crippen molar-refractivity contribution >= 4 is 17.4 Å². The summed E-state index contributed by atoms with van der Waals surface area (Å²) in [5, 5.41) is 21.1. The number of ether oxygens (including phenoxy) is 1. The highest BCUT2D eigenvalue weighted by atomic mass is 16.5. The molecule has 0 aliphatic carbocycles. The van der Waals surface area contributed by atoms with Gasteiger partial charge in [0.15, 0.2) is 0 Å². The minimum absolute atomic E-state index is 0.0256. The molecule has 0 saturated carbocycles. The predicted octanol–water partition coefficient (Wildman–Crippen LogP) is 3.94. The van der Waals surface area contributed by atoms with Crippen molar-refractivity contribution in [2.75, 3.05) is 32.8 Å². The lowest BCUT2D eigenvalue weighted by Crippen LogP contribution is -2.33. The van der Waals surface area contributed by atoms with E-state index in [2.05, 4.69) is 18.7 Å². The smallest absolute Gasteiger partial charge is 0.295 e. The van der Waals surface area contributed by atoms with Gasteiger partial charge in [-0.1, -0.05) is 26.0 Å². The molecule has 1 aliphatic heterocycles. The molecule has 1 atom stereocenters. The van der Waals surface area contributed by atoms with E-state index in [0.717, 1.165) is 19.6 Å². The van der Waals surface area contributed by atoms with Crippen LogP contribution in [-0.4, -0.2) is 64.5 Å². The minimum atomic E-state index is -0.777. The lowest BCUT2D eigenvalue weighted by Gasteiger charge is -2.27. The van der Waals surface area contributed by atoms with Crippen LogP contribution < -0.4 is 4.74 Å². The maximum atomic E-state index is 13.1. The van der Waals surface area contributed by atoms with Crippen molar-refractivity contribution in [1.82, 2.24) is 9.80 Å². The van der Waals surface area contributed by atoms with Gasteiger partial charge >= 0.3 is 0 Å². The first kappa shape index (κ1) is 24.3. The first-order chi connectivity index (χ1) is 15.9. The number of ketones is 1. The summed E-state index contributed by atoms with van der Waals surface area (Å²) < 4.78 is 5.45. The average molecular weight is 453 g/mol. The van der Waals surface area contributed by atoms with E-state index in [-0.39, 0.29) is 17.1 Å². The third kappa shape index (κ3) is 5.37. The van der Waals surface area contributed by atoms with Crippen molar-refractivity contribution in [3.63, 3.8) is 0 Å². The Morgan fingerprint density at radius 2 is 1.76 bits per heavy atom. The van der Waals surface area contributed by atoms with Gasteiger partial charge in [0.2, 0.25) is 0 Å². The number of aliphatic hydroxyl groups excluding tert-OH is 1. The zero-order chi connectivity index (χ0) is 24.0. The van der Waals surface area contributed by atoms with Gasteiger partial charge in [0.25, 0.3) is 11.7 Å². The monoisotopic (exact) mass is 452 g/mol. The van der Waals surface area contributed by atoms with Crippen LogP contribution in [0.4, 0.5) is 0 Å². The molecule has 2 N–H and O–H groups in total. The van der Waals surface area contributed by atoms with Crippen molar-refractivity contribution in [1.29, 1.82) is 0 Å². The number of hydrogen-bond donors (Lipinski definition) is 2. The number of likely N-dealkylation sites (tertiary alicyclic amines) is 1. The first-order valence-electron chi connectivity index (χ1n) is 11.4. The van der Waals surface area contributed by atoms with Gasteiger partial charge in [0.05, 0.1) is 18.2 Å². The fourth-order valence-electron chi connectivity index (χ4n) is 4.19. The molecule has 1 saturated heterocycles. The van der Waals surface area contributed by atoms with Crippen LogP contribution in [0.3, 0.4) is 0 Å². The SMILES string of the molecule is CCOc1ccc(C(O)=C2C(=O)C(=O)N(CCCN(CC)CC)[C@H]2c2cccc(O)c2)cc1. The maximum absolute atomic E-state index is 13.1. The number of phenols is 1. The van der Waals surface area contributed by atoms with E-state index < -0.39 is 17.7 Å². The molecule has 1 heterocycles. The number of Topliss-reactive ketones (excluding diaryl/α,β-unsaturated/α-hetero) is 1. The number of amides is 1. The molecule has 0 unspecified atom stereocenters. The van der Waals surface area contributed by atoms with Gasteiger partial charge in [-0.25, -0.2) is 0 Å². The minimum Gasteiger partial charge on any atom is -0.508 e. The van der Waals surface area contributed by atoms with Gasteiger partial charge in [0.1, 0.15) is 17.3 Å².